The molecular formula is C17H37N. The first-order valence-electron chi connectivity index (χ1n) is 8.39. The van der Waals surface area contributed by atoms with Gasteiger partial charge < -0.3 is 5.32 Å². The van der Waals surface area contributed by atoms with Gasteiger partial charge in [-0.15, -0.1) is 0 Å². The molecule has 0 radical (unpaired) electrons. The minimum atomic E-state index is 0.579. The second-order valence-electron chi connectivity index (χ2n) is 6.01. The first kappa shape index (κ1) is 18.0. The third kappa shape index (κ3) is 8.13. The predicted molar refractivity (Wildman–Crippen MR) is 84.2 cm³/mol. The van der Waals surface area contributed by atoms with E-state index in [2.05, 4.69) is 33.1 Å². The third-order valence-electron chi connectivity index (χ3n) is 4.42. The fourth-order valence-corrected chi connectivity index (χ4v) is 2.99. The van der Waals surface area contributed by atoms with E-state index in [9.17, 15) is 0 Å². The van der Waals surface area contributed by atoms with Crippen LogP contribution in [0.3, 0.4) is 0 Å². The van der Waals surface area contributed by atoms with Crippen LogP contribution in [0.4, 0.5) is 0 Å². The van der Waals surface area contributed by atoms with Crippen molar-refractivity contribution in [1.82, 2.24) is 5.32 Å². The van der Waals surface area contributed by atoms with Crippen LogP contribution in [0.15, 0.2) is 0 Å². The lowest BCUT2D eigenvalue weighted by atomic mass is 9.76. The molecule has 1 heteroatoms. The highest BCUT2D eigenvalue weighted by Crippen LogP contribution is 2.34. The molecule has 1 N–H and O–H groups in total. The topological polar surface area (TPSA) is 12.0 Å². The zero-order chi connectivity index (χ0) is 13.7. The average Bonchev–Trinajstić information content (AvgIpc) is 2.40. The first-order valence-corrected chi connectivity index (χ1v) is 8.39. The van der Waals surface area contributed by atoms with Crippen molar-refractivity contribution in [1.29, 1.82) is 0 Å². The van der Waals surface area contributed by atoms with Gasteiger partial charge in [0, 0.05) is 6.54 Å². The minimum absolute atomic E-state index is 0.579. The van der Waals surface area contributed by atoms with Crippen molar-refractivity contribution >= 4 is 0 Å². The molecule has 1 nitrogen and oxygen atoms in total. The molecule has 0 aromatic carbocycles. The summed E-state index contributed by atoms with van der Waals surface area (Å²) in [5, 5.41) is 3.43. The van der Waals surface area contributed by atoms with Gasteiger partial charge >= 0.3 is 0 Å². The summed E-state index contributed by atoms with van der Waals surface area (Å²) in [6.45, 7) is 8.19. The molecule has 0 saturated carbocycles. The van der Waals surface area contributed by atoms with Crippen molar-refractivity contribution in [2.24, 2.45) is 5.41 Å². The van der Waals surface area contributed by atoms with Crippen LogP contribution in [0.5, 0.6) is 0 Å². The second kappa shape index (κ2) is 12.0. The van der Waals surface area contributed by atoms with Crippen LogP contribution >= 0.6 is 0 Å². The van der Waals surface area contributed by atoms with Gasteiger partial charge in [-0.3, -0.25) is 0 Å². The molecule has 1 atom stereocenters. The Morgan fingerprint density at radius 3 is 1.83 bits per heavy atom. The molecule has 0 bridgehead atoms. The van der Waals surface area contributed by atoms with Crippen LogP contribution in [0.2, 0.25) is 0 Å². The fraction of sp³-hybridized carbons (Fsp3) is 1.00. The van der Waals surface area contributed by atoms with Gasteiger partial charge in [-0.2, -0.15) is 0 Å². The largest absolute Gasteiger partial charge is 0.319 e. The number of hydrogen-bond acceptors (Lipinski definition) is 1. The summed E-state index contributed by atoms with van der Waals surface area (Å²) in [6, 6.07) is 0. The van der Waals surface area contributed by atoms with Crippen molar-refractivity contribution in [2.45, 2.75) is 91.4 Å². The Bertz CT molecular complexity index is 167. The maximum absolute atomic E-state index is 3.43. The summed E-state index contributed by atoms with van der Waals surface area (Å²) in [6.07, 6.45) is 15.4. The van der Waals surface area contributed by atoms with Crippen molar-refractivity contribution < 1.29 is 0 Å². The Balaban J connectivity index is 3.91. The standard InChI is InChI=1S/C17H37N/c1-5-8-10-11-12-13-15-17(7-3,16-18-4)14-9-6-2/h18H,5-16H2,1-4H3. The Kier molecular flexibility index (Phi) is 12.0. The van der Waals surface area contributed by atoms with Gasteiger partial charge in [0.1, 0.15) is 0 Å². The summed E-state index contributed by atoms with van der Waals surface area (Å²) in [7, 11) is 2.11. The Morgan fingerprint density at radius 1 is 0.722 bits per heavy atom. The monoisotopic (exact) mass is 255 g/mol. The average molecular weight is 255 g/mol. The van der Waals surface area contributed by atoms with Crippen LogP contribution < -0.4 is 5.32 Å². The SMILES string of the molecule is CCCCCCCCC(CC)(CCCC)CNC. The number of hydrogen-bond donors (Lipinski definition) is 1. The van der Waals surface area contributed by atoms with E-state index in [-0.39, 0.29) is 0 Å². The van der Waals surface area contributed by atoms with Crippen molar-refractivity contribution in [3.05, 3.63) is 0 Å². The molecular weight excluding hydrogens is 218 g/mol. The lowest BCUT2D eigenvalue weighted by molar-refractivity contribution is 0.209. The molecule has 0 aliphatic heterocycles. The lowest BCUT2D eigenvalue weighted by Crippen LogP contribution is -2.32. The van der Waals surface area contributed by atoms with Gasteiger partial charge in [0.15, 0.2) is 0 Å². The van der Waals surface area contributed by atoms with Crippen molar-refractivity contribution in [3.63, 3.8) is 0 Å². The molecule has 0 fully saturated rings. The van der Waals surface area contributed by atoms with E-state index < -0.39 is 0 Å². The molecule has 0 aromatic rings. The van der Waals surface area contributed by atoms with E-state index in [1.54, 1.807) is 0 Å². The van der Waals surface area contributed by atoms with E-state index in [0.29, 0.717) is 5.41 Å². The minimum Gasteiger partial charge on any atom is -0.319 e. The molecule has 0 spiro atoms. The molecule has 0 aromatic heterocycles. The molecule has 110 valence electrons. The molecule has 0 saturated heterocycles. The second-order valence-corrected chi connectivity index (χ2v) is 6.01. The van der Waals surface area contributed by atoms with E-state index >= 15 is 0 Å². The highest BCUT2D eigenvalue weighted by atomic mass is 14.8. The molecule has 18 heavy (non-hydrogen) atoms. The van der Waals surface area contributed by atoms with E-state index in [1.807, 2.05) is 0 Å². The summed E-state index contributed by atoms with van der Waals surface area (Å²) in [5.41, 5.74) is 0.579. The van der Waals surface area contributed by atoms with Gasteiger partial charge in [-0.25, -0.2) is 0 Å². The Labute approximate surface area is 116 Å². The Morgan fingerprint density at radius 2 is 1.28 bits per heavy atom. The third-order valence-corrected chi connectivity index (χ3v) is 4.42. The van der Waals surface area contributed by atoms with Crippen LogP contribution in [0.25, 0.3) is 0 Å². The lowest BCUT2D eigenvalue weighted by Gasteiger charge is -2.33. The summed E-state index contributed by atoms with van der Waals surface area (Å²) >= 11 is 0. The van der Waals surface area contributed by atoms with E-state index in [1.165, 1.54) is 77.2 Å². The van der Waals surface area contributed by atoms with E-state index in [0.717, 1.165) is 0 Å². The number of nitrogens with one attached hydrogen (secondary N) is 1. The Hall–Kier alpha value is -0.0400. The first-order chi connectivity index (χ1) is 8.74. The van der Waals surface area contributed by atoms with Crippen LogP contribution in [-0.4, -0.2) is 13.6 Å². The highest BCUT2D eigenvalue weighted by molar-refractivity contribution is 4.80. The molecule has 0 aliphatic rings. The fourth-order valence-electron chi connectivity index (χ4n) is 2.99. The summed E-state index contributed by atoms with van der Waals surface area (Å²) in [5.74, 6) is 0. The van der Waals surface area contributed by atoms with Gasteiger partial charge in [0.25, 0.3) is 0 Å². The van der Waals surface area contributed by atoms with Crippen molar-refractivity contribution in [3.8, 4) is 0 Å². The normalized spacial score (nSPS) is 14.7. The quantitative estimate of drug-likeness (QED) is 0.426. The van der Waals surface area contributed by atoms with Crippen LogP contribution in [-0.2, 0) is 0 Å². The van der Waals surface area contributed by atoms with Gasteiger partial charge in [-0.1, -0.05) is 72.1 Å². The number of unbranched alkanes of at least 4 members (excludes halogenated alkanes) is 6. The highest BCUT2D eigenvalue weighted by Gasteiger charge is 2.25. The molecule has 0 heterocycles. The molecule has 1 unspecified atom stereocenters. The summed E-state index contributed by atoms with van der Waals surface area (Å²) in [4.78, 5) is 0. The maximum atomic E-state index is 3.43. The maximum Gasteiger partial charge on any atom is 0.000470 e. The van der Waals surface area contributed by atoms with Crippen molar-refractivity contribution in [2.75, 3.05) is 13.6 Å². The zero-order valence-corrected chi connectivity index (χ0v) is 13.5. The smallest absolute Gasteiger partial charge is 0.000470 e. The molecule has 0 amide bonds. The van der Waals surface area contributed by atoms with Crippen LogP contribution in [0.1, 0.15) is 91.4 Å². The molecule has 0 aliphatic carbocycles. The van der Waals surface area contributed by atoms with Gasteiger partial charge in [0.2, 0.25) is 0 Å². The van der Waals surface area contributed by atoms with E-state index in [4.69, 9.17) is 0 Å². The predicted octanol–water partition coefficient (Wildman–Crippen LogP) is 5.54. The number of rotatable bonds is 13. The van der Waals surface area contributed by atoms with Gasteiger partial charge in [-0.05, 0) is 31.7 Å². The summed E-state index contributed by atoms with van der Waals surface area (Å²) < 4.78 is 0. The zero-order valence-electron chi connectivity index (χ0n) is 13.5. The van der Waals surface area contributed by atoms with Gasteiger partial charge in [0.05, 0.1) is 0 Å². The van der Waals surface area contributed by atoms with Crippen LogP contribution in [0, 0.1) is 5.41 Å². The molecule has 0 rings (SSSR count).